The summed E-state index contributed by atoms with van der Waals surface area (Å²) < 4.78 is 5.15. The molecule has 0 saturated heterocycles. The average Bonchev–Trinajstić information content (AvgIpc) is 1.81. The third-order valence-corrected chi connectivity index (χ3v) is 0.894. The molecule has 3 heteroatoms. The monoisotopic (exact) mass is 145 g/mol. The maximum absolute atomic E-state index is 10.6. The van der Waals surface area contributed by atoms with Crippen molar-refractivity contribution in [3.05, 3.63) is 0 Å². The van der Waals surface area contributed by atoms with Gasteiger partial charge in [0, 0.05) is 0 Å². The van der Waals surface area contributed by atoms with Crippen LogP contribution >= 0.6 is 0 Å². The molecule has 0 aliphatic carbocycles. The Bertz CT molecular complexity index is 115. The van der Waals surface area contributed by atoms with Crippen LogP contribution in [0, 0.1) is 0 Å². The fraction of sp³-hybridized carbons (Fsp3) is 0.857. The third-order valence-electron chi connectivity index (χ3n) is 0.894. The summed E-state index contributed by atoms with van der Waals surface area (Å²) in [6.07, 6.45) is 0. The van der Waals surface area contributed by atoms with Crippen molar-refractivity contribution in [2.24, 2.45) is 5.73 Å². The normalized spacial score (nSPS) is 11.6. The van der Waals surface area contributed by atoms with E-state index in [4.69, 9.17) is 10.5 Å². The van der Waals surface area contributed by atoms with E-state index in [9.17, 15) is 4.79 Å². The van der Waals surface area contributed by atoms with Crippen molar-refractivity contribution in [2.45, 2.75) is 26.4 Å². The van der Waals surface area contributed by atoms with Gasteiger partial charge < -0.3 is 10.5 Å². The quantitative estimate of drug-likeness (QED) is 0.622. The predicted molar refractivity (Wildman–Crippen MR) is 39.8 cm³/mol. The molecule has 0 bridgehead atoms. The second kappa shape index (κ2) is 3.68. The molecule has 0 aromatic heterocycles. The maximum atomic E-state index is 10.6. The third kappa shape index (κ3) is 5.72. The van der Waals surface area contributed by atoms with Crippen LogP contribution in [-0.2, 0) is 9.53 Å². The van der Waals surface area contributed by atoms with Gasteiger partial charge >= 0.3 is 0 Å². The number of Topliss-reactive ketones (excluding diaryl/α,β-unsaturated/α-hetero) is 1. The summed E-state index contributed by atoms with van der Waals surface area (Å²) >= 11 is 0. The Balaban J connectivity index is 3.46. The minimum Gasteiger partial charge on any atom is -0.368 e. The van der Waals surface area contributed by atoms with Gasteiger partial charge in [0.2, 0.25) is 0 Å². The van der Waals surface area contributed by atoms with Crippen molar-refractivity contribution >= 4 is 5.78 Å². The van der Waals surface area contributed by atoms with Crippen molar-refractivity contribution in [3.63, 3.8) is 0 Å². The molecule has 0 spiro atoms. The molecule has 0 fully saturated rings. The van der Waals surface area contributed by atoms with Gasteiger partial charge in [0.15, 0.2) is 5.78 Å². The molecule has 0 unspecified atom stereocenters. The van der Waals surface area contributed by atoms with E-state index in [0.717, 1.165) is 0 Å². The Kier molecular flexibility index (Phi) is 3.53. The van der Waals surface area contributed by atoms with Crippen molar-refractivity contribution in [1.82, 2.24) is 0 Å². The van der Waals surface area contributed by atoms with Gasteiger partial charge in [0.1, 0.15) is 6.61 Å². The highest BCUT2D eigenvalue weighted by atomic mass is 16.5. The van der Waals surface area contributed by atoms with Gasteiger partial charge in [-0.3, -0.25) is 4.79 Å². The zero-order valence-corrected chi connectivity index (χ0v) is 6.81. The SMILES string of the molecule is CC(C)(C)OCC(=O)CN. The van der Waals surface area contributed by atoms with Crippen LogP contribution in [0.2, 0.25) is 0 Å². The average molecular weight is 145 g/mol. The molecule has 0 aromatic carbocycles. The first-order valence-corrected chi connectivity index (χ1v) is 3.31. The Hall–Kier alpha value is -0.410. The van der Waals surface area contributed by atoms with Gasteiger partial charge in [-0.1, -0.05) is 0 Å². The zero-order chi connectivity index (χ0) is 8.20. The summed E-state index contributed by atoms with van der Waals surface area (Å²) in [5.74, 6) is -0.0603. The second-order valence-electron chi connectivity index (χ2n) is 3.14. The minimum atomic E-state index is -0.245. The van der Waals surface area contributed by atoms with Crippen LogP contribution in [0.5, 0.6) is 0 Å². The highest BCUT2D eigenvalue weighted by Gasteiger charge is 2.11. The van der Waals surface area contributed by atoms with Gasteiger partial charge in [-0.05, 0) is 20.8 Å². The van der Waals surface area contributed by atoms with Crippen molar-refractivity contribution < 1.29 is 9.53 Å². The largest absolute Gasteiger partial charge is 0.368 e. The lowest BCUT2D eigenvalue weighted by molar-refractivity contribution is -0.126. The van der Waals surface area contributed by atoms with Crippen LogP contribution in [0.3, 0.4) is 0 Å². The Morgan fingerprint density at radius 3 is 2.30 bits per heavy atom. The van der Waals surface area contributed by atoms with E-state index in [1.807, 2.05) is 20.8 Å². The number of carbonyl (C=O) groups is 1. The molecule has 0 aromatic rings. The summed E-state index contributed by atoms with van der Waals surface area (Å²) in [7, 11) is 0. The first-order valence-electron chi connectivity index (χ1n) is 3.31. The first-order chi connectivity index (χ1) is 4.45. The summed E-state index contributed by atoms with van der Waals surface area (Å²) in [5, 5.41) is 0. The Labute approximate surface area is 61.5 Å². The van der Waals surface area contributed by atoms with Crippen molar-refractivity contribution in [2.75, 3.05) is 13.2 Å². The number of nitrogens with two attached hydrogens (primary N) is 1. The van der Waals surface area contributed by atoms with E-state index in [1.165, 1.54) is 0 Å². The molecule has 2 N–H and O–H groups in total. The van der Waals surface area contributed by atoms with Crippen LogP contribution < -0.4 is 5.73 Å². The van der Waals surface area contributed by atoms with E-state index < -0.39 is 0 Å². The fourth-order valence-electron chi connectivity index (χ4n) is 0.356. The predicted octanol–water partition coefficient (Wildman–Crippen LogP) is 0.329. The van der Waals surface area contributed by atoms with Gasteiger partial charge in [0.25, 0.3) is 0 Å². The van der Waals surface area contributed by atoms with E-state index >= 15 is 0 Å². The second-order valence-corrected chi connectivity index (χ2v) is 3.14. The lowest BCUT2D eigenvalue weighted by Crippen LogP contribution is -2.27. The Morgan fingerprint density at radius 1 is 1.50 bits per heavy atom. The summed E-state index contributed by atoms with van der Waals surface area (Å²) in [6.45, 7) is 5.89. The first kappa shape index (κ1) is 9.59. The molecule has 0 aliphatic rings. The van der Waals surface area contributed by atoms with Crippen LogP contribution in [0.4, 0.5) is 0 Å². The van der Waals surface area contributed by atoms with E-state index in [0.29, 0.717) is 0 Å². The smallest absolute Gasteiger partial charge is 0.171 e. The van der Waals surface area contributed by atoms with Crippen LogP contribution in [0.25, 0.3) is 0 Å². The highest BCUT2D eigenvalue weighted by molar-refractivity contribution is 5.81. The number of ether oxygens (including phenoxy) is 1. The molecule has 60 valence electrons. The summed E-state index contributed by atoms with van der Waals surface area (Å²) in [6, 6.07) is 0. The van der Waals surface area contributed by atoms with Gasteiger partial charge in [0.05, 0.1) is 12.1 Å². The van der Waals surface area contributed by atoms with Gasteiger partial charge in [-0.25, -0.2) is 0 Å². The molecule has 0 heterocycles. The summed E-state index contributed by atoms with van der Waals surface area (Å²) in [5.41, 5.74) is 4.83. The summed E-state index contributed by atoms with van der Waals surface area (Å²) in [4.78, 5) is 10.6. The van der Waals surface area contributed by atoms with Crippen molar-refractivity contribution in [3.8, 4) is 0 Å². The van der Waals surface area contributed by atoms with E-state index in [1.54, 1.807) is 0 Å². The van der Waals surface area contributed by atoms with E-state index in [2.05, 4.69) is 0 Å². The molecule has 0 rings (SSSR count). The molecular formula is C7H15NO2. The maximum Gasteiger partial charge on any atom is 0.171 e. The topological polar surface area (TPSA) is 52.3 Å². The molecule has 0 aliphatic heterocycles. The fourth-order valence-corrected chi connectivity index (χ4v) is 0.356. The molecule has 0 atom stereocenters. The number of ketones is 1. The molecule has 3 nitrogen and oxygen atoms in total. The van der Waals surface area contributed by atoms with Crippen LogP contribution in [0.15, 0.2) is 0 Å². The highest BCUT2D eigenvalue weighted by Crippen LogP contribution is 2.05. The van der Waals surface area contributed by atoms with Gasteiger partial charge in [-0.2, -0.15) is 0 Å². The van der Waals surface area contributed by atoms with Crippen LogP contribution in [0.1, 0.15) is 20.8 Å². The Morgan fingerprint density at radius 2 is 2.00 bits per heavy atom. The van der Waals surface area contributed by atoms with Gasteiger partial charge in [-0.15, -0.1) is 0 Å². The molecule has 10 heavy (non-hydrogen) atoms. The lowest BCUT2D eigenvalue weighted by Gasteiger charge is -2.18. The molecule has 0 radical (unpaired) electrons. The molecule has 0 saturated carbocycles. The zero-order valence-electron chi connectivity index (χ0n) is 6.81. The number of hydrogen-bond acceptors (Lipinski definition) is 3. The van der Waals surface area contributed by atoms with Crippen LogP contribution in [-0.4, -0.2) is 24.5 Å². The standard InChI is InChI=1S/C7H15NO2/c1-7(2,3)10-5-6(9)4-8/h4-5,8H2,1-3H3. The minimum absolute atomic E-state index is 0.0603. The molecule has 0 amide bonds. The number of hydrogen-bond donors (Lipinski definition) is 1. The van der Waals surface area contributed by atoms with Crippen molar-refractivity contribution in [1.29, 1.82) is 0 Å². The molecular weight excluding hydrogens is 130 g/mol. The lowest BCUT2D eigenvalue weighted by atomic mass is 10.2. The number of carbonyl (C=O) groups excluding carboxylic acids is 1. The van der Waals surface area contributed by atoms with E-state index in [-0.39, 0.29) is 24.5 Å². The number of rotatable bonds is 3.